The molecule has 0 fully saturated rings. The molecule has 0 bridgehead atoms. The molecule has 1 atom stereocenters. The van der Waals surface area contributed by atoms with E-state index < -0.39 is 5.91 Å². The summed E-state index contributed by atoms with van der Waals surface area (Å²) in [6, 6.07) is 5.69. The Balaban J connectivity index is 2.33. The highest BCUT2D eigenvalue weighted by Crippen LogP contribution is 2.36. The van der Waals surface area contributed by atoms with Crippen LogP contribution in [0.5, 0.6) is 0 Å². The number of hydrogen-bond acceptors (Lipinski definition) is 6. The first kappa shape index (κ1) is 13.8. The quantitative estimate of drug-likeness (QED) is 0.793. The van der Waals surface area contributed by atoms with Crippen molar-refractivity contribution < 1.29 is 4.79 Å². The van der Waals surface area contributed by atoms with Gasteiger partial charge in [-0.15, -0.1) is 11.3 Å². The molecule has 0 aromatic carbocycles. The number of pyridine rings is 1. The van der Waals surface area contributed by atoms with Crippen molar-refractivity contribution >= 4 is 27.9 Å². The van der Waals surface area contributed by atoms with Crippen molar-refractivity contribution in [3.05, 3.63) is 40.5 Å². The van der Waals surface area contributed by atoms with Gasteiger partial charge in [0, 0.05) is 18.4 Å². The Bertz CT molecular complexity index is 674. The number of carbonyl (C=O) groups excluding carboxylic acids is 1. The second-order valence-corrected chi connectivity index (χ2v) is 5.19. The number of nitrogen functional groups attached to an aromatic ring is 1. The Morgan fingerprint density at radius 3 is 2.70 bits per heavy atom. The summed E-state index contributed by atoms with van der Waals surface area (Å²) < 4.78 is 0. The molecule has 0 aliphatic heterocycles. The van der Waals surface area contributed by atoms with E-state index in [1.807, 2.05) is 25.1 Å². The number of rotatable bonds is 4. The summed E-state index contributed by atoms with van der Waals surface area (Å²) in [5.74, 6) is -0.631. The molecule has 2 aromatic rings. The van der Waals surface area contributed by atoms with E-state index in [0.29, 0.717) is 5.00 Å². The predicted molar refractivity (Wildman–Crippen MR) is 78.2 cm³/mol. The second-order valence-electron chi connectivity index (χ2n) is 4.17. The van der Waals surface area contributed by atoms with Crippen molar-refractivity contribution in [2.45, 2.75) is 13.0 Å². The van der Waals surface area contributed by atoms with Crippen molar-refractivity contribution in [2.24, 2.45) is 5.73 Å². The van der Waals surface area contributed by atoms with Crippen LogP contribution in [0.1, 0.15) is 33.8 Å². The van der Waals surface area contributed by atoms with E-state index >= 15 is 0 Å². The lowest BCUT2D eigenvalue weighted by atomic mass is 10.1. The number of amides is 1. The Hall–Kier alpha value is -2.59. The number of primary amides is 1. The van der Waals surface area contributed by atoms with Crippen LogP contribution >= 0.6 is 11.3 Å². The number of nitrogens with one attached hydrogen (secondary N) is 1. The summed E-state index contributed by atoms with van der Waals surface area (Å²) in [7, 11) is 0. The van der Waals surface area contributed by atoms with Crippen LogP contribution in [-0.2, 0) is 0 Å². The molecular formula is C13H13N5OS. The number of anilines is 2. The first-order valence-corrected chi connectivity index (χ1v) is 6.64. The lowest BCUT2D eigenvalue weighted by Crippen LogP contribution is -2.10. The second kappa shape index (κ2) is 5.59. The molecule has 2 heterocycles. The zero-order chi connectivity index (χ0) is 14.7. The van der Waals surface area contributed by atoms with Gasteiger partial charge >= 0.3 is 0 Å². The fraction of sp³-hybridized carbons (Fsp3) is 0.154. The molecule has 6 nitrogen and oxygen atoms in total. The van der Waals surface area contributed by atoms with E-state index in [-0.39, 0.29) is 22.2 Å². The van der Waals surface area contributed by atoms with Crippen LogP contribution < -0.4 is 16.8 Å². The predicted octanol–water partition coefficient (Wildman–Crippen LogP) is 1.87. The highest BCUT2D eigenvalue weighted by Gasteiger charge is 2.20. The Morgan fingerprint density at radius 1 is 1.50 bits per heavy atom. The molecule has 1 amide bonds. The summed E-state index contributed by atoms with van der Waals surface area (Å²) in [6.45, 7) is 1.94. The van der Waals surface area contributed by atoms with E-state index in [9.17, 15) is 4.79 Å². The third kappa shape index (κ3) is 2.55. The molecule has 102 valence electrons. The van der Waals surface area contributed by atoms with E-state index in [1.165, 1.54) is 0 Å². The van der Waals surface area contributed by atoms with E-state index in [2.05, 4.69) is 10.3 Å². The summed E-state index contributed by atoms with van der Waals surface area (Å²) in [6.07, 6.45) is 3.38. The number of nitrogens with two attached hydrogens (primary N) is 2. The van der Waals surface area contributed by atoms with Crippen molar-refractivity contribution in [1.82, 2.24) is 4.98 Å². The zero-order valence-corrected chi connectivity index (χ0v) is 11.6. The number of nitriles is 1. The number of thiophene rings is 1. The molecule has 5 N–H and O–H groups in total. The normalized spacial score (nSPS) is 11.6. The van der Waals surface area contributed by atoms with Gasteiger partial charge in [-0.05, 0) is 24.6 Å². The van der Waals surface area contributed by atoms with Gasteiger partial charge in [-0.2, -0.15) is 5.26 Å². The summed E-state index contributed by atoms with van der Waals surface area (Å²) in [5, 5.41) is 12.9. The average molecular weight is 287 g/mol. The molecule has 0 saturated heterocycles. The first-order chi connectivity index (χ1) is 9.54. The maximum atomic E-state index is 11.3. The molecule has 20 heavy (non-hydrogen) atoms. The molecular weight excluding hydrogens is 274 g/mol. The Morgan fingerprint density at radius 2 is 2.15 bits per heavy atom. The van der Waals surface area contributed by atoms with Crippen molar-refractivity contribution in [3.8, 4) is 6.07 Å². The van der Waals surface area contributed by atoms with Crippen LogP contribution in [0.4, 0.5) is 10.7 Å². The topological polar surface area (TPSA) is 118 Å². The number of nitrogens with zero attached hydrogens (tertiary/aromatic N) is 2. The molecule has 2 aromatic heterocycles. The Kier molecular flexibility index (Phi) is 3.86. The molecule has 0 radical (unpaired) electrons. The van der Waals surface area contributed by atoms with Crippen LogP contribution in [0, 0.1) is 11.3 Å². The maximum Gasteiger partial charge on any atom is 0.261 e. The van der Waals surface area contributed by atoms with Gasteiger partial charge in [0.1, 0.15) is 21.5 Å². The van der Waals surface area contributed by atoms with Crippen LogP contribution in [0.25, 0.3) is 0 Å². The van der Waals surface area contributed by atoms with E-state index in [4.69, 9.17) is 16.7 Å². The van der Waals surface area contributed by atoms with Crippen LogP contribution in [0.2, 0.25) is 0 Å². The van der Waals surface area contributed by atoms with Gasteiger partial charge in [0.2, 0.25) is 0 Å². The smallest absolute Gasteiger partial charge is 0.261 e. The Labute approximate surface area is 120 Å². The number of hydrogen-bond donors (Lipinski definition) is 3. The lowest BCUT2D eigenvalue weighted by molar-refractivity contribution is 0.100. The average Bonchev–Trinajstić information content (AvgIpc) is 2.76. The van der Waals surface area contributed by atoms with Crippen LogP contribution in [0.3, 0.4) is 0 Å². The lowest BCUT2D eigenvalue weighted by Gasteiger charge is -2.14. The third-order valence-corrected chi connectivity index (χ3v) is 3.99. The first-order valence-electron chi connectivity index (χ1n) is 5.83. The molecule has 2 rings (SSSR count). The van der Waals surface area contributed by atoms with Crippen molar-refractivity contribution in [3.63, 3.8) is 0 Å². The summed E-state index contributed by atoms with van der Waals surface area (Å²) >= 11 is 1.09. The van der Waals surface area contributed by atoms with Gasteiger partial charge in [0.15, 0.2) is 0 Å². The standard InChI is InChI=1S/C13H13N5OS/c1-7(8-2-4-17-5-3-8)18-13-9(6-14)10(15)11(20-13)12(16)19/h2-5,7,18H,15H2,1H3,(H2,16,19). The van der Waals surface area contributed by atoms with Crippen molar-refractivity contribution in [2.75, 3.05) is 11.1 Å². The largest absolute Gasteiger partial charge is 0.396 e. The third-order valence-electron chi connectivity index (χ3n) is 2.83. The van der Waals surface area contributed by atoms with E-state index in [1.54, 1.807) is 12.4 Å². The van der Waals surface area contributed by atoms with Gasteiger partial charge in [-0.3, -0.25) is 9.78 Å². The van der Waals surface area contributed by atoms with Gasteiger partial charge in [-0.1, -0.05) is 0 Å². The number of aromatic nitrogens is 1. The fourth-order valence-electron chi connectivity index (χ4n) is 1.77. The minimum Gasteiger partial charge on any atom is -0.396 e. The van der Waals surface area contributed by atoms with E-state index in [0.717, 1.165) is 16.9 Å². The molecule has 0 aliphatic rings. The van der Waals surface area contributed by atoms with Crippen molar-refractivity contribution in [1.29, 1.82) is 5.26 Å². The summed E-state index contributed by atoms with van der Waals surface area (Å²) in [5.41, 5.74) is 12.4. The minimum atomic E-state index is -0.631. The molecule has 7 heteroatoms. The SMILES string of the molecule is CC(Nc1sc(C(N)=O)c(N)c1C#N)c1ccncc1. The minimum absolute atomic E-state index is 0.0520. The van der Waals surface area contributed by atoms with Gasteiger partial charge in [0.05, 0.1) is 5.69 Å². The fourth-order valence-corrected chi connectivity index (χ4v) is 2.78. The summed E-state index contributed by atoms with van der Waals surface area (Å²) in [4.78, 5) is 15.4. The molecule has 0 saturated carbocycles. The van der Waals surface area contributed by atoms with Gasteiger partial charge in [0.25, 0.3) is 5.91 Å². The van der Waals surface area contributed by atoms with Gasteiger partial charge < -0.3 is 16.8 Å². The number of carbonyl (C=O) groups is 1. The highest BCUT2D eigenvalue weighted by molar-refractivity contribution is 7.18. The maximum absolute atomic E-state index is 11.3. The zero-order valence-electron chi connectivity index (χ0n) is 10.8. The van der Waals surface area contributed by atoms with Crippen LogP contribution in [0.15, 0.2) is 24.5 Å². The highest BCUT2D eigenvalue weighted by atomic mass is 32.1. The monoisotopic (exact) mass is 287 g/mol. The molecule has 0 spiro atoms. The van der Waals surface area contributed by atoms with Gasteiger partial charge in [-0.25, -0.2) is 0 Å². The van der Waals surface area contributed by atoms with Crippen LogP contribution in [-0.4, -0.2) is 10.9 Å². The molecule has 0 aliphatic carbocycles. The molecule has 1 unspecified atom stereocenters.